The van der Waals surface area contributed by atoms with Crippen molar-refractivity contribution in [3.63, 3.8) is 0 Å². The minimum atomic E-state index is -0.584. The highest BCUT2D eigenvalue weighted by atomic mass is 16.5. The summed E-state index contributed by atoms with van der Waals surface area (Å²) in [5.41, 5.74) is 0.977. The molecule has 1 aliphatic carbocycles. The van der Waals surface area contributed by atoms with Crippen molar-refractivity contribution >= 4 is 5.97 Å². The van der Waals surface area contributed by atoms with Crippen LogP contribution in [0.2, 0.25) is 0 Å². The summed E-state index contributed by atoms with van der Waals surface area (Å²) in [6, 6.07) is 14.8. The van der Waals surface area contributed by atoms with E-state index in [0.717, 1.165) is 29.9 Å². The van der Waals surface area contributed by atoms with Crippen molar-refractivity contribution in [3.05, 3.63) is 59.8 Å². The summed E-state index contributed by atoms with van der Waals surface area (Å²) < 4.78 is 23.7. The van der Waals surface area contributed by atoms with Gasteiger partial charge in [0.1, 0.15) is 17.2 Å². The van der Waals surface area contributed by atoms with Crippen LogP contribution in [0.15, 0.2) is 48.5 Å². The van der Waals surface area contributed by atoms with Gasteiger partial charge in [-0.2, -0.15) is 0 Å². The molecule has 3 aromatic rings. The number of methoxy groups -OCH3 is 1. The van der Waals surface area contributed by atoms with E-state index in [-0.39, 0.29) is 24.3 Å². The first-order chi connectivity index (χ1) is 14.7. The Hall–Kier alpha value is -3.55. The molecule has 0 amide bonds. The SMILES string of the molecule is CCOC(=O)c1nnn(Cc2ccc(OC)cc2)c1Oc1cccc(OC2CC2)c1. The Labute approximate surface area is 174 Å². The molecule has 1 fully saturated rings. The number of carbonyl (C=O) groups excluding carboxylic acids is 1. The number of ether oxygens (including phenoxy) is 4. The fraction of sp³-hybridized carbons (Fsp3) is 0.318. The minimum absolute atomic E-state index is 0.0267. The summed E-state index contributed by atoms with van der Waals surface area (Å²) in [6.07, 6.45) is 2.41. The molecule has 0 atom stereocenters. The van der Waals surface area contributed by atoms with Gasteiger partial charge in [-0.3, -0.25) is 0 Å². The Morgan fingerprint density at radius 1 is 1.10 bits per heavy atom. The van der Waals surface area contributed by atoms with Gasteiger partial charge in [-0.15, -0.1) is 5.10 Å². The molecule has 0 saturated heterocycles. The van der Waals surface area contributed by atoms with Gasteiger partial charge in [0.25, 0.3) is 5.88 Å². The summed E-state index contributed by atoms with van der Waals surface area (Å²) in [7, 11) is 1.62. The Morgan fingerprint density at radius 3 is 2.57 bits per heavy atom. The predicted molar refractivity (Wildman–Crippen MR) is 108 cm³/mol. The second kappa shape index (κ2) is 8.86. The van der Waals surface area contributed by atoms with Crippen LogP contribution in [0.1, 0.15) is 35.8 Å². The number of benzene rings is 2. The van der Waals surface area contributed by atoms with E-state index in [1.807, 2.05) is 36.4 Å². The van der Waals surface area contributed by atoms with E-state index < -0.39 is 5.97 Å². The topological polar surface area (TPSA) is 84.7 Å². The zero-order valence-electron chi connectivity index (χ0n) is 16.9. The standard InChI is InChI=1S/C22H23N3O5/c1-3-28-22(26)20-21(30-19-6-4-5-18(13-19)29-17-11-12-17)25(24-23-20)14-15-7-9-16(27-2)10-8-15/h4-10,13,17H,3,11-12,14H2,1-2H3. The maximum Gasteiger partial charge on any atom is 0.364 e. The normalized spacial score (nSPS) is 13.0. The number of aromatic nitrogens is 3. The van der Waals surface area contributed by atoms with Gasteiger partial charge in [0, 0.05) is 6.07 Å². The van der Waals surface area contributed by atoms with E-state index in [2.05, 4.69) is 10.3 Å². The Bertz CT molecular complexity index is 1010. The van der Waals surface area contributed by atoms with Crippen LogP contribution in [-0.4, -0.2) is 40.8 Å². The van der Waals surface area contributed by atoms with Crippen LogP contribution >= 0.6 is 0 Å². The Balaban J connectivity index is 1.61. The molecule has 4 rings (SSSR count). The number of hydrogen-bond acceptors (Lipinski definition) is 7. The van der Waals surface area contributed by atoms with E-state index in [1.54, 1.807) is 26.2 Å². The third kappa shape index (κ3) is 4.71. The highest BCUT2D eigenvalue weighted by molar-refractivity contribution is 5.89. The lowest BCUT2D eigenvalue weighted by Gasteiger charge is -2.11. The average Bonchev–Trinajstić information content (AvgIpc) is 3.49. The summed E-state index contributed by atoms with van der Waals surface area (Å²) in [5, 5.41) is 8.11. The fourth-order valence-corrected chi connectivity index (χ4v) is 2.84. The van der Waals surface area contributed by atoms with Crippen LogP contribution in [0.25, 0.3) is 0 Å². The minimum Gasteiger partial charge on any atom is -0.497 e. The average molecular weight is 409 g/mol. The molecule has 156 valence electrons. The van der Waals surface area contributed by atoms with Gasteiger partial charge in [0.15, 0.2) is 0 Å². The maximum atomic E-state index is 12.4. The van der Waals surface area contributed by atoms with Crippen LogP contribution in [0.3, 0.4) is 0 Å². The molecule has 8 heteroatoms. The smallest absolute Gasteiger partial charge is 0.364 e. The van der Waals surface area contributed by atoms with Crippen molar-refractivity contribution in [1.29, 1.82) is 0 Å². The molecule has 0 unspecified atom stereocenters. The van der Waals surface area contributed by atoms with Gasteiger partial charge < -0.3 is 18.9 Å². The van der Waals surface area contributed by atoms with E-state index >= 15 is 0 Å². The van der Waals surface area contributed by atoms with Crippen LogP contribution in [0, 0.1) is 0 Å². The number of carbonyl (C=O) groups is 1. The van der Waals surface area contributed by atoms with Gasteiger partial charge in [0.2, 0.25) is 5.69 Å². The molecule has 0 bridgehead atoms. The largest absolute Gasteiger partial charge is 0.497 e. The van der Waals surface area contributed by atoms with Crippen LogP contribution in [0.4, 0.5) is 0 Å². The molecular weight excluding hydrogens is 386 g/mol. The van der Waals surface area contributed by atoms with E-state index in [0.29, 0.717) is 12.3 Å². The molecule has 0 N–H and O–H groups in total. The first-order valence-corrected chi connectivity index (χ1v) is 9.84. The number of hydrogen-bond donors (Lipinski definition) is 0. The van der Waals surface area contributed by atoms with Gasteiger partial charge >= 0.3 is 5.97 Å². The van der Waals surface area contributed by atoms with Crippen LogP contribution < -0.4 is 14.2 Å². The van der Waals surface area contributed by atoms with Crippen molar-refractivity contribution in [2.45, 2.75) is 32.4 Å². The van der Waals surface area contributed by atoms with Crippen molar-refractivity contribution < 1.29 is 23.7 Å². The van der Waals surface area contributed by atoms with Crippen molar-refractivity contribution in [2.24, 2.45) is 0 Å². The van der Waals surface area contributed by atoms with E-state index in [4.69, 9.17) is 18.9 Å². The lowest BCUT2D eigenvalue weighted by molar-refractivity contribution is 0.0516. The lowest BCUT2D eigenvalue weighted by atomic mass is 10.2. The molecule has 0 spiro atoms. The number of esters is 1. The number of rotatable bonds is 9. The van der Waals surface area contributed by atoms with Crippen LogP contribution in [-0.2, 0) is 11.3 Å². The first kappa shape index (κ1) is 19.8. The Morgan fingerprint density at radius 2 is 1.87 bits per heavy atom. The summed E-state index contributed by atoms with van der Waals surface area (Å²) in [5.74, 6) is 1.64. The maximum absolute atomic E-state index is 12.4. The second-order valence-corrected chi connectivity index (χ2v) is 6.86. The third-order valence-electron chi connectivity index (χ3n) is 4.50. The molecule has 1 aliphatic rings. The molecular formula is C22H23N3O5. The van der Waals surface area contributed by atoms with Crippen molar-refractivity contribution in [3.8, 4) is 23.1 Å². The van der Waals surface area contributed by atoms with Crippen LogP contribution in [0.5, 0.6) is 23.1 Å². The Kier molecular flexibility index (Phi) is 5.83. The molecule has 0 aliphatic heterocycles. The molecule has 1 aromatic heterocycles. The first-order valence-electron chi connectivity index (χ1n) is 9.84. The highest BCUT2D eigenvalue weighted by Gasteiger charge is 2.25. The van der Waals surface area contributed by atoms with Gasteiger partial charge in [-0.1, -0.05) is 23.4 Å². The van der Waals surface area contributed by atoms with Gasteiger partial charge in [0.05, 0.1) is 26.4 Å². The molecule has 1 saturated carbocycles. The summed E-state index contributed by atoms with van der Waals surface area (Å²) in [6.45, 7) is 2.33. The molecule has 8 nitrogen and oxygen atoms in total. The molecule has 2 aromatic carbocycles. The highest BCUT2D eigenvalue weighted by Crippen LogP contribution is 2.31. The molecule has 30 heavy (non-hydrogen) atoms. The zero-order valence-corrected chi connectivity index (χ0v) is 16.9. The quantitative estimate of drug-likeness (QED) is 0.496. The van der Waals surface area contributed by atoms with E-state index in [1.165, 1.54) is 4.68 Å². The van der Waals surface area contributed by atoms with Gasteiger partial charge in [-0.05, 0) is 49.6 Å². The number of nitrogens with zero attached hydrogens (tertiary/aromatic N) is 3. The lowest BCUT2D eigenvalue weighted by Crippen LogP contribution is -2.09. The fourth-order valence-electron chi connectivity index (χ4n) is 2.84. The van der Waals surface area contributed by atoms with E-state index in [9.17, 15) is 4.79 Å². The van der Waals surface area contributed by atoms with Gasteiger partial charge in [-0.25, -0.2) is 9.48 Å². The molecule has 0 radical (unpaired) electrons. The summed E-state index contributed by atoms with van der Waals surface area (Å²) in [4.78, 5) is 12.4. The summed E-state index contributed by atoms with van der Waals surface area (Å²) >= 11 is 0. The van der Waals surface area contributed by atoms with Crippen molar-refractivity contribution in [2.75, 3.05) is 13.7 Å². The molecule has 1 heterocycles. The monoisotopic (exact) mass is 409 g/mol. The zero-order chi connectivity index (χ0) is 20.9. The predicted octanol–water partition coefficient (Wildman–Crippen LogP) is 3.85. The van der Waals surface area contributed by atoms with Crippen molar-refractivity contribution in [1.82, 2.24) is 15.0 Å². The third-order valence-corrected chi connectivity index (χ3v) is 4.50. The second-order valence-electron chi connectivity index (χ2n) is 6.86.